The first-order chi connectivity index (χ1) is 15.0. The van der Waals surface area contributed by atoms with Crippen molar-refractivity contribution in [2.24, 2.45) is 17.8 Å². The van der Waals surface area contributed by atoms with Gasteiger partial charge < -0.3 is 23.6 Å². The molecular formula is C26H43Na2O5P. The van der Waals surface area contributed by atoms with Crippen molar-refractivity contribution >= 4 is 7.82 Å². The van der Waals surface area contributed by atoms with Crippen LogP contribution in [0.1, 0.15) is 104 Å². The molecule has 0 saturated carbocycles. The molecule has 3 unspecified atom stereocenters. The average molecular weight is 513 g/mol. The molecule has 0 radical (unpaired) electrons. The Morgan fingerprint density at radius 2 is 1.53 bits per heavy atom. The summed E-state index contributed by atoms with van der Waals surface area (Å²) < 4.78 is 21.6. The van der Waals surface area contributed by atoms with Crippen LogP contribution in [0.4, 0.5) is 0 Å². The van der Waals surface area contributed by atoms with E-state index in [2.05, 4.69) is 39.1 Å². The van der Waals surface area contributed by atoms with Crippen LogP contribution in [0.25, 0.3) is 0 Å². The smallest absolute Gasteiger partial charge is 0.780 e. The Morgan fingerprint density at radius 1 is 0.971 bits per heavy atom. The van der Waals surface area contributed by atoms with Gasteiger partial charge in [0.15, 0.2) is 0 Å². The fraction of sp³-hybridized carbons (Fsp3) is 0.769. The Kier molecular flexibility index (Phi) is 17.2. The fourth-order valence-corrected chi connectivity index (χ4v) is 5.10. The van der Waals surface area contributed by atoms with Crippen molar-refractivity contribution in [2.75, 3.05) is 0 Å². The molecule has 0 amide bonds. The Balaban J connectivity index is 0.00000544. The second-order valence-electron chi connectivity index (χ2n) is 10.7. The third kappa shape index (κ3) is 14.1. The number of fused-ring (bicyclic) bond motifs is 1. The van der Waals surface area contributed by atoms with Gasteiger partial charge in [-0.05, 0) is 74.1 Å². The van der Waals surface area contributed by atoms with Gasteiger partial charge in [-0.15, -0.1) is 0 Å². The molecular weight excluding hydrogens is 469 g/mol. The van der Waals surface area contributed by atoms with Gasteiger partial charge in [0.05, 0.1) is 0 Å². The monoisotopic (exact) mass is 512 g/mol. The summed E-state index contributed by atoms with van der Waals surface area (Å²) in [6, 6.07) is 4.80. The van der Waals surface area contributed by atoms with Crippen molar-refractivity contribution in [1.29, 1.82) is 0 Å². The average Bonchev–Trinajstić information content (AvgIpc) is 2.66. The Hall–Kier alpha value is 0.970. The Bertz CT molecular complexity index is 755. The van der Waals surface area contributed by atoms with Gasteiger partial charge in [0.25, 0.3) is 0 Å². The molecule has 0 spiro atoms. The number of hydrogen-bond acceptors (Lipinski definition) is 5. The van der Waals surface area contributed by atoms with E-state index in [0.29, 0.717) is 0 Å². The Labute approximate surface area is 252 Å². The molecule has 34 heavy (non-hydrogen) atoms. The third-order valence-electron chi connectivity index (χ3n) is 6.80. The van der Waals surface area contributed by atoms with Crippen molar-refractivity contribution in [3.8, 4) is 11.5 Å². The molecule has 0 aliphatic carbocycles. The van der Waals surface area contributed by atoms with Gasteiger partial charge in [0.1, 0.15) is 24.9 Å². The van der Waals surface area contributed by atoms with Crippen LogP contribution in [0, 0.1) is 17.8 Å². The van der Waals surface area contributed by atoms with Gasteiger partial charge in [-0.2, -0.15) is 0 Å². The molecule has 1 aliphatic rings. The number of phosphoric acid groups is 1. The minimum atomic E-state index is -5.04. The number of ether oxygens (including phenoxy) is 1. The van der Waals surface area contributed by atoms with Gasteiger partial charge in [-0.25, -0.2) is 0 Å². The summed E-state index contributed by atoms with van der Waals surface area (Å²) in [5, 5.41) is 0. The molecule has 2 rings (SSSR count). The molecule has 0 fully saturated rings. The molecule has 1 aromatic rings. The van der Waals surface area contributed by atoms with Gasteiger partial charge >= 0.3 is 59.1 Å². The first-order valence-corrected chi connectivity index (χ1v) is 14.0. The first-order valence-electron chi connectivity index (χ1n) is 12.5. The minimum Gasteiger partial charge on any atom is -0.780 e. The maximum absolute atomic E-state index is 10.8. The molecule has 0 aromatic heterocycles. The van der Waals surface area contributed by atoms with E-state index in [-0.39, 0.29) is 70.5 Å². The summed E-state index contributed by atoms with van der Waals surface area (Å²) in [5.41, 5.74) is 0.691. The van der Waals surface area contributed by atoms with Crippen LogP contribution < -0.4 is 78.2 Å². The molecule has 3 atom stereocenters. The molecule has 0 N–H and O–H groups in total. The van der Waals surface area contributed by atoms with E-state index in [1.165, 1.54) is 51.0 Å². The van der Waals surface area contributed by atoms with Crippen LogP contribution in [-0.4, -0.2) is 5.60 Å². The van der Waals surface area contributed by atoms with Crippen LogP contribution in [0.3, 0.4) is 0 Å². The molecule has 8 heteroatoms. The summed E-state index contributed by atoms with van der Waals surface area (Å²) in [5.74, 6) is 3.23. The van der Waals surface area contributed by atoms with E-state index in [1.54, 1.807) is 12.1 Å². The second kappa shape index (κ2) is 16.7. The summed E-state index contributed by atoms with van der Waals surface area (Å²) in [7, 11) is -5.04. The van der Waals surface area contributed by atoms with Gasteiger partial charge in [-0.1, -0.05) is 72.6 Å². The SMILES string of the molecule is CC(C)CCCC(C)CCCC(C)CCCC1(C)CCc2cc(OP(=O)([O-])[O-])ccc2O1.[Na+].[Na+]. The van der Waals surface area contributed by atoms with Crippen molar-refractivity contribution in [3.63, 3.8) is 0 Å². The van der Waals surface area contributed by atoms with E-state index in [0.717, 1.165) is 54.7 Å². The number of aryl methyl sites for hydroxylation is 1. The molecule has 1 aromatic carbocycles. The zero-order valence-electron chi connectivity index (χ0n) is 22.7. The summed E-state index contributed by atoms with van der Waals surface area (Å²) in [6.07, 6.45) is 13.1. The van der Waals surface area contributed by atoms with Gasteiger partial charge in [0, 0.05) is 0 Å². The normalized spacial score (nSPS) is 19.3. The number of phosphoric ester groups is 1. The van der Waals surface area contributed by atoms with Crippen molar-refractivity contribution in [1.82, 2.24) is 0 Å². The molecule has 1 aliphatic heterocycles. The third-order valence-corrected chi connectivity index (χ3v) is 7.24. The van der Waals surface area contributed by atoms with E-state index >= 15 is 0 Å². The quantitative estimate of drug-likeness (QED) is 0.267. The van der Waals surface area contributed by atoms with Crippen LogP contribution in [0.2, 0.25) is 0 Å². The maximum atomic E-state index is 10.8. The predicted molar refractivity (Wildman–Crippen MR) is 127 cm³/mol. The predicted octanol–water partition coefficient (Wildman–Crippen LogP) is 0.425. The van der Waals surface area contributed by atoms with Crippen molar-refractivity contribution in [2.45, 2.75) is 111 Å². The number of rotatable bonds is 14. The van der Waals surface area contributed by atoms with Crippen molar-refractivity contribution in [3.05, 3.63) is 23.8 Å². The summed E-state index contributed by atoms with van der Waals surface area (Å²) >= 11 is 0. The van der Waals surface area contributed by atoms with E-state index < -0.39 is 7.82 Å². The van der Waals surface area contributed by atoms with E-state index in [1.807, 2.05) is 0 Å². The maximum Gasteiger partial charge on any atom is 1.00 e. The second-order valence-corrected chi connectivity index (χ2v) is 11.8. The summed E-state index contributed by atoms with van der Waals surface area (Å²) in [4.78, 5) is 21.7. The largest absolute Gasteiger partial charge is 1.00 e. The molecule has 5 nitrogen and oxygen atoms in total. The fourth-order valence-electron chi connectivity index (χ4n) is 4.73. The topological polar surface area (TPSA) is 81.7 Å². The Morgan fingerprint density at radius 3 is 2.09 bits per heavy atom. The zero-order chi connectivity index (χ0) is 23.8. The minimum absolute atomic E-state index is 0. The van der Waals surface area contributed by atoms with Gasteiger partial charge in [0.2, 0.25) is 0 Å². The van der Waals surface area contributed by atoms with E-state index in [9.17, 15) is 14.4 Å². The van der Waals surface area contributed by atoms with Crippen LogP contribution in [-0.2, 0) is 11.0 Å². The summed E-state index contributed by atoms with van der Waals surface area (Å²) in [6.45, 7) is 11.5. The molecule has 0 saturated heterocycles. The van der Waals surface area contributed by atoms with Gasteiger partial charge in [-0.3, -0.25) is 0 Å². The number of benzene rings is 1. The zero-order valence-corrected chi connectivity index (χ0v) is 27.6. The molecule has 184 valence electrons. The standard InChI is InChI=1S/C26H45O5P.2Na/c1-20(2)9-6-10-21(3)11-7-12-22(4)13-8-17-26(5)18-16-23-19-24(31-32(27,28)29)14-15-25(23)30-26;;/h14-15,19-22H,6-13,16-18H2,1-5H3,(H2,27,28,29);;/q;2*+1/p-2. The molecule has 0 bridgehead atoms. The number of hydrogen-bond donors (Lipinski definition) is 0. The van der Waals surface area contributed by atoms with Crippen LogP contribution >= 0.6 is 7.82 Å². The first kappa shape index (κ1) is 35.0. The van der Waals surface area contributed by atoms with E-state index in [4.69, 9.17) is 4.74 Å². The van der Waals surface area contributed by atoms with Crippen molar-refractivity contribution < 1.29 is 82.7 Å². The van der Waals surface area contributed by atoms with Crippen LogP contribution in [0.5, 0.6) is 11.5 Å². The van der Waals surface area contributed by atoms with Crippen LogP contribution in [0.15, 0.2) is 18.2 Å². The molecule has 1 heterocycles.